The van der Waals surface area contributed by atoms with E-state index in [-0.39, 0.29) is 22.9 Å². The normalized spacial score (nSPS) is 15.4. The molecule has 0 bridgehead atoms. The highest BCUT2D eigenvalue weighted by Gasteiger charge is 2.26. The number of hydrogen-bond acceptors (Lipinski definition) is 6. The highest BCUT2D eigenvalue weighted by atomic mass is 16.1. The summed E-state index contributed by atoms with van der Waals surface area (Å²) in [5.41, 5.74) is 4.43. The van der Waals surface area contributed by atoms with Gasteiger partial charge in [0.15, 0.2) is 0 Å². The van der Waals surface area contributed by atoms with E-state index in [1.54, 1.807) is 19.2 Å². The fourth-order valence-corrected chi connectivity index (χ4v) is 4.90. The Morgan fingerprint density at radius 1 is 1.06 bits per heavy atom. The summed E-state index contributed by atoms with van der Waals surface area (Å²) >= 11 is 0. The zero-order chi connectivity index (χ0) is 25.7. The smallest absolute Gasteiger partial charge is 0.270 e. The van der Waals surface area contributed by atoms with Crippen LogP contribution in [-0.2, 0) is 7.05 Å². The predicted octanol–water partition coefficient (Wildman–Crippen LogP) is 5.26. The molecule has 36 heavy (non-hydrogen) atoms. The van der Waals surface area contributed by atoms with Gasteiger partial charge in [0.2, 0.25) is 0 Å². The van der Waals surface area contributed by atoms with Gasteiger partial charge in [-0.15, -0.1) is 0 Å². The van der Waals surface area contributed by atoms with E-state index >= 15 is 0 Å². The first-order valence-corrected chi connectivity index (χ1v) is 12.8. The minimum atomic E-state index is -0.325. The lowest BCUT2D eigenvalue weighted by molar-refractivity contribution is 0.428. The van der Waals surface area contributed by atoms with Crippen LogP contribution in [0.2, 0.25) is 0 Å². The maximum atomic E-state index is 12.6. The van der Waals surface area contributed by atoms with Crippen LogP contribution < -0.4 is 15.8 Å². The zero-order valence-electron chi connectivity index (χ0n) is 21.4. The zero-order valence-corrected chi connectivity index (χ0v) is 21.4. The number of aryl methyl sites for hydroxylation is 2. The largest absolute Gasteiger partial charge is 0.385 e. The van der Waals surface area contributed by atoms with E-state index in [4.69, 9.17) is 5.26 Å². The van der Waals surface area contributed by atoms with Crippen LogP contribution in [0.5, 0.6) is 0 Å². The minimum absolute atomic E-state index is 0.0978. The molecular weight excluding hydrogens is 448 g/mol. The molecule has 2 aliphatic carbocycles. The van der Waals surface area contributed by atoms with Crippen LogP contribution in [0, 0.1) is 35.5 Å². The van der Waals surface area contributed by atoms with Gasteiger partial charge in [-0.25, -0.2) is 4.98 Å². The van der Waals surface area contributed by atoms with Gasteiger partial charge in [0, 0.05) is 32.4 Å². The molecule has 2 saturated carbocycles. The van der Waals surface area contributed by atoms with Gasteiger partial charge in [-0.05, 0) is 62.3 Å². The maximum absolute atomic E-state index is 12.6. The molecule has 7 heteroatoms. The van der Waals surface area contributed by atoms with Crippen LogP contribution >= 0.6 is 0 Å². The van der Waals surface area contributed by atoms with Crippen molar-refractivity contribution in [3.05, 3.63) is 63.6 Å². The second kappa shape index (κ2) is 11.3. The van der Waals surface area contributed by atoms with Gasteiger partial charge in [0.05, 0.1) is 11.2 Å². The molecule has 0 spiro atoms. The molecule has 7 nitrogen and oxygen atoms in total. The monoisotopic (exact) mass is 482 g/mol. The van der Waals surface area contributed by atoms with Crippen LogP contribution in [0.25, 0.3) is 11.0 Å². The Labute approximate surface area is 213 Å². The molecule has 0 radical (unpaired) electrons. The lowest BCUT2D eigenvalue weighted by Crippen LogP contribution is -2.36. The van der Waals surface area contributed by atoms with Gasteiger partial charge in [-0.1, -0.05) is 37.5 Å². The molecular formula is C29H34N6O. The Balaban J connectivity index is 0.000000211. The Kier molecular flexibility index (Phi) is 7.90. The second-order valence-electron chi connectivity index (χ2n) is 9.92. The summed E-state index contributed by atoms with van der Waals surface area (Å²) < 4.78 is 1.43. The predicted molar refractivity (Wildman–Crippen MR) is 144 cm³/mol. The molecule has 0 aliphatic heterocycles. The first-order chi connectivity index (χ1) is 17.4. The van der Waals surface area contributed by atoms with Crippen LogP contribution in [0.15, 0.2) is 41.2 Å². The van der Waals surface area contributed by atoms with E-state index in [2.05, 4.69) is 47.6 Å². The van der Waals surface area contributed by atoms with Gasteiger partial charge in [-0.3, -0.25) is 4.79 Å². The number of nitriles is 2. The molecule has 186 valence electrons. The van der Waals surface area contributed by atoms with Crippen molar-refractivity contribution in [3.63, 3.8) is 0 Å². The minimum Gasteiger partial charge on any atom is -0.385 e. The number of benzene rings is 1. The van der Waals surface area contributed by atoms with Gasteiger partial charge < -0.3 is 14.8 Å². The molecule has 0 unspecified atom stereocenters. The molecule has 2 aliphatic rings. The van der Waals surface area contributed by atoms with Crippen LogP contribution in [0.3, 0.4) is 0 Å². The van der Waals surface area contributed by atoms with Crippen molar-refractivity contribution in [3.8, 4) is 12.1 Å². The summed E-state index contributed by atoms with van der Waals surface area (Å²) in [6.45, 7) is 3.31. The lowest BCUT2D eigenvalue weighted by Gasteiger charge is -2.33. The molecule has 0 atom stereocenters. The highest BCUT2D eigenvalue weighted by Crippen LogP contribution is 2.32. The van der Waals surface area contributed by atoms with Gasteiger partial charge in [0.25, 0.3) is 5.56 Å². The molecule has 2 heterocycles. The first-order valence-electron chi connectivity index (χ1n) is 12.8. The third-order valence-corrected chi connectivity index (χ3v) is 7.34. The number of para-hydroxylation sites is 1. The maximum Gasteiger partial charge on any atom is 0.270 e. The van der Waals surface area contributed by atoms with Crippen molar-refractivity contribution in [2.45, 2.75) is 57.9 Å². The van der Waals surface area contributed by atoms with Crippen molar-refractivity contribution in [1.29, 1.82) is 10.5 Å². The standard InChI is InChI=1S/C18H19N5O.C11H15N/c1-22(13-6-4-3-5-7-13)17-14(11-20)18(24)23(2)15-9-8-12(10-19)21-16(15)17;1-9-4-2-3-5-11(9)12-8-10-6-7-10/h8-9,13H,3-7H2,1-2H3;2-5,10,12H,6-8H2,1H3. The van der Waals surface area contributed by atoms with E-state index < -0.39 is 0 Å². The molecule has 0 amide bonds. The van der Waals surface area contributed by atoms with Crippen molar-refractivity contribution >= 4 is 22.4 Å². The Morgan fingerprint density at radius 2 is 1.78 bits per heavy atom. The number of hydrogen-bond donors (Lipinski definition) is 1. The molecule has 1 N–H and O–H groups in total. The number of nitrogens with one attached hydrogen (secondary N) is 1. The van der Waals surface area contributed by atoms with Crippen molar-refractivity contribution in [2.24, 2.45) is 13.0 Å². The highest BCUT2D eigenvalue weighted by molar-refractivity contribution is 5.92. The van der Waals surface area contributed by atoms with E-state index in [0.29, 0.717) is 16.7 Å². The number of rotatable bonds is 5. The number of anilines is 2. The fraction of sp³-hybridized carbons (Fsp3) is 0.448. The van der Waals surface area contributed by atoms with E-state index in [0.717, 1.165) is 38.1 Å². The summed E-state index contributed by atoms with van der Waals surface area (Å²) in [4.78, 5) is 19.0. The molecule has 2 fully saturated rings. The van der Waals surface area contributed by atoms with E-state index in [1.165, 1.54) is 35.1 Å². The number of pyridine rings is 2. The summed E-state index contributed by atoms with van der Waals surface area (Å²) in [6, 6.07) is 16.2. The fourth-order valence-electron chi connectivity index (χ4n) is 4.90. The SMILES string of the molecule is CN(c1c(C#N)c(=O)n(C)c2ccc(C#N)nc12)C1CCCCC1.Cc1ccccc1NCC1CC1. The topological polar surface area (TPSA) is 97.7 Å². The summed E-state index contributed by atoms with van der Waals surface area (Å²) in [5.74, 6) is 0.949. The summed E-state index contributed by atoms with van der Waals surface area (Å²) in [7, 11) is 3.55. The average Bonchev–Trinajstić information content (AvgIpc) is 3.75. The van der Waals surface area contributed by atoms with Gasteiger partial charge in [0.1, 0.15) is 28.9 Å². The Hall–Kier alpha value is -3.84. The van der Waals surface area contributed by atoms with Crippen molar-refractivity contribution in [1.82, 2.24) is 9.55 Å². The quantitative estimate of drug-likeness (QED) is 0.532. The van der Waals surface area contributed by atoms with Crippen LogP contribution in [0.1, 0.15) is 61.8 Å². The Bertz CT molecular complexity index is 1370. The van der Waals surface area contributed by atoms with E-state index in [1.807, 2.05) is 18.0 Å². The Morgan fingerprint density at radius 3 is 2.42 bits per heavy atom. The third kappa shape index (κ3) is 5.52. The molecule has 2 aromatic heterocycles. The lowest BCUT2D eigenvalue weighted by atomic mass is 9.93. The number of aromatic nitrogens is 2. The third-order valence-electron chi connectivity index (χ3n) is 7.34. The first kappa shape index (κ1) is 25.3. The number of fused-ring (bicyclic) bond motifs is 1. The molecule has 5 rings (SSSR count). The number of nitrogens with zero attached hydrogens (tertiary/aromatic N) is 5. The van der Waals surface area contributed by atoms with Gasteiger partial charge >= 0.3 is 0 Å². The average molecular weight is 483 g/mol. The van der Waals surface area contributed by atoms with Crippen molar-refractivity contribution in [2.75, 3.05) is 23.8 Å². The molecule has 1 aromatic carbocycles. The van der Waals surface area contributed by atoms with Crippen molar-refractivity contribution < 1.29 is 0 Å². The molecule has 0 saturated heterocycles. The molecule has 3 aromatic rings. The van der Waals surface area contributed by atoms with Crippen LogP contribution in [-0.4, -0.2) is 29.2 Å². The van der Waals surface area contributed by atoms with Gasteiger partial charge in [-0.2, -0.15) is 10.5 Å². The summed E-state index contributed by atoms with van der Waals surface area (Å²) in [5, 5.41) is 22.2. The van der Waals surface area contributed by atoms with E-state index in [9.17, 15) is 10.1 Å². The second-order valence-corrected chi connectivity index (χ2v) is 9.92. The van der Waals surface area contributed by atoms with Crippen LogP contribution in [0.4, 0.5) is 11.4 Å². The summed E-state index contributed by atoms with van der Waals surface area (Å²) in [6.07, 6.45) is 8.43.